The number of nitrogens with zero attached hydrogens (tertiary/aromatic N) is 1. The normalized spacial score (nSPS) is 12.2. The van der Waals surface area contributed by atoms with Gasteiger partial charge in [0, 0.05) is 19.3 Å². The van der Waals surface area contributed by atoms with Gasteiger partial charge < -0.3 is 10.6 Å². The van der Waals surface area contributed by atoms with Gasteiger partial charge in [-0.15, -0.1) is 0 Å². The van der Waals surface area contributed by atoms with Gasteiger partial charge in [-0.1, -0.05) is 31.0 Å². The second kappa shape index (κ2) is 6.40. The molecule has 1 aromatic carbocycles. The number of benzene rings is 1. The van der Waals surface area contributed by atoms with Crippen LogP contribution in [0.3, 0.4) is 0 Å². The summed E-state index contributed by atoms with van der Waals surface area (Å²) in [5.41, 5.74) is 7.77. The Morgan fingerprint density at radius 3 is 2.41 bits per heavy atom. The van der Waals surface area contributed by atoms with Crippen LogP contribution < -0.4 is 10.6 Å². The molecule has 3 nitrogen and oxygen atoms in total. The Bertz CT molecular complexity index is 359. The van der Waals surface area contributed by atoms with Crippen molar-refractivity contribution >= 4 is 11.6 Å². The lowest BCUT2D eigenvalue weighted by molar-refractivity contribution is -0.122. The zero-order valence-electron chi connectivity index (χ0n) is 10.9. The Morgan fingerprint density at radius 2 is 1.94 bits per heavy atom. The van der Waals surface area contributed by atoms with Gasteiger partial charge in [-0.2, -0.15) is 0 Å². The van der Waals surface area contributed by atoms with Crippen molar-refractivity contribution in [1.82, 2.24) is 0 Å². The summed E-state index contributed by atoms with van der Waals surface area (Å²) in [4.78, 5) is 13.9. The smallest absolute Gasteiger partial charge is 0.231 e. The van der Waals surface area contributed by atoms with Gasteiger partial charge in [-0.3, -0.25) is 4.79 Å². The molecule has 1 amide bonds. The van der Waals surface area contributed by atoms with E-state index in [1.54, 1.807) is 4.90 Å². The third kappa shape index (κ3) is 3.56. The minimum absolute atomic E-state index is 0.0636. The lowest BCUT2D eigenvalue weighted by atomic mass is 10.0. The molecular weight excluding hydrogens is 212 g/mol. The monoisotopic (exact) mass is 234 g/mol. The van der Waals surface area contributed by atoms with Crippen molar-refractivity contribution in [3.8, 4) is 0 Å². The van der Waals surface area contributed by atoms with Crippen LogP contribution in [0.2, 0.25) is 0 Å². The number of rotatable bonds is 5. The van der Waals surface area contributed by atoms with E-state index in [9.17, 15) is 4.79 Å². The third-order valence-corrected chi connectivity index (χ3v) is 3.02. The molecule has 0 radical (unpaired) electrons. The Hall–Kier alpha value is -1.35. The first-order valence-electron chi connectivity index (χ1n) is 6.14. The van der Waals surface area contributed by atoms with E-state index < -0.39 is 0 Å². The van der Waals surface area contributed by atoms with Gasteiger partial charge in [0.25, 0.3) is 0 Å². The molecule has 2 N–H and O–H groups in total. The van der Waals surface area contributed by atoms with Gasteiger partial charge in [-0.05, 0) is 25.5 Å². The van der Waals surface area contributed by atoms with Gasteiger partial charge in [-0.25, -0.2) is 0 Å². The number of hydrogen-bond donors (Lipinski definition) is 1. The van der Waals surface area contributed by atoms with Crippen molar-refractivity contribution in [2.75, 3.05) is 18.5 Å². The highest BCUT2D eigenvalue weighted by Crippen LogP contribution is 2.17. The quantitative estimate of drug-likeness (QED) is 0.850. The molecular formula is C14H22N2O. The Labute approximate surface area is 104 Å². The number of aryl methyl sites for hydroxylation is 1. The number of nitrogens with two attached hydrogens (primary N) is 1. The lowest BCUT2D eigenvalue weighted by Crippen LogP contribution is -2.36. The van der Waals surface area contributed by atoms with Crippen molar-refractivity contribution in [2.45, 2.75) is 26.7 Å². The zero-order valence-corrected chi connectivity index (χ0v) is 10.9. The fourth-order valence-electron chi connectivity index (χ4n) is 1.86. The molecule has 17 heavy (non-hydrogen) atoms. The summed E-state index contributed by atoms with van der Waals surface area (Å²) in [6.45, 7) is 4.52. The molecule has 0 aliphatic heterocycles. The molecule has 1 rings (SSSR count). The highest BCUT2D eigenvalue weighted by Gasteiger charge is 2.20. The van der Waals surface area contributed by atoms with Crippen LogP contribution in [0.1, 0.15) is 25.3 Å². The lowest BCUT2D eigenvalue weighted by Gasteiger charge is -2.22. The maximum absolute atomic E-state index is 12.2. The van der Waals surface area contributed by atoms with E-state index in [1.807, 2.05) is 38.2 Å². The first-order chi connectivity index (χ1) is 8.10. The topological polar surface area (TPSA) is 46.3 Å². The van der Waals surface area contributed by atoms with Crippen LogP contribution in [0.15, 0.2) is 24.3 Å². The second-order valence-electron chi connectivity index (χ2n) is 4.45. The van der Waals surface area contributed by atoms with E-state index in [0.29, 0.717) is 6.54 Å². The fraction of sp³-hybridized carbons (Fsp3) is 0.500. The van der Waals surface area contributed by atoms with Crippen molar-refractivity contribution < 1.29 is 4.79 Å². The molecule has 1 atom stereocenters. The molecule has 0 aliphatic rings. The summed E-state index contributed by atoms with van der Waals surface area (Å²) < 4.78 is 0. The fourth-order valence-corrected chi connectivity index (χ4v) is 1.86. The predicted octanol–water partition coefficient (Wildman–Crippen LogP) is 2.33. The molecule has 0 aromatic heterocycles. The van der Waals surface area contributed by atoms with Crippen LogP contribution in [0.4, 0.5) is 5.69 Å². The first kappa shape index (κ1) is 13.7. The number of amides is 1. The van der Waals surface area contributed by atoms with Crippen molar-refractivity contribution in [2.24, 2.45) is 11.7 Å². The summed E-state index contributed by atoms with van der Waals surface area (Å²) in [6.07, 6.45) is 1.83. The minimum atomic E-state index is -0.0636. The van der Waals surface area contributed by atoms with Crippen LogP contribution in [0, 0.1) is 12.8 Å². The Balaban J connectivity index is 2.77. The molecule has 0 saturated carbocycles. The molecule has 0 spiro atoms. The molecule has 0 heterocycles. The van der Waals surface area contributed by atoms with Crippen LogP contribution in [-0.2, 0) is 4.79 Å². The van der Waals surface area contributed by atoms with Gasteiger partial charge in [0.1, 0.15) is 0 Å². The number of carbonyl (C=O) groups is 1. The summed E-state index contributed by atoms with van der Waals surface area (Å²) in [7, 11) is 1.81. The summed E-state index contributed by atoms with van der Waals surface area (Å²) >= 11 is 0. The third-order valence-electron chi connectivity index (χ3n) is 3.02. The number of hydrogen-bond acceptors (Lipinski definition) is 2. The Morgan fingerprint density at radius 1 is 1.35 bits per heavy atom. The van der Waals surface area contributed by atoms with Crippen LogP contribution in [-0.4, -0.2) is 19.5 Å². The van der Waals surface area contributed by atoms with Gasteiger partial charge >= 0.3 is 0 Å². The summed E-state index contributed by atoms with van der Waals surface area (Å²) in [5, 5.41) is 0. The first-order valence-corrected chi connectivity index (χ1v) is 6.14. The molecule has 1 aromatic rings. The van der Waals surface area contributed by atoms with Gasteiger partial charge in [0.2, 0.25) is 5.91 Å². The molecule has 0 saturated heterocycles. The van der Waals surface area contributed by atoms with Crippen molar-refractivity contribution in [1.29, 1.82) is 0 Å². The number of carbonyl (C=O) groups excluding carboxylic acids is 1. The van der Waals surface area contributed by atoms with E-state index in [1.165, 1.54) is 5.56 Å². The zero-order chi connectivity index (χ0) is 12.8. The minimum Gasteiger partial charge on any atom is -0.330 e. The molecule has 3 heteroatoms. The van der Waals surface area contributed by atoms with E-state index in [-0.39, 0.29) is 11.8 Å². The van der Waals surface area contributed by atoms with Crippen LogP contribution in [0.5, 0.6) is 0 Å². The van der Waals surface area contributed by atoms with E-state index >= 15 is 0 Å². The summed E-state index contributed by atoms with van der Waals surface area (Å²) in [5.74, 6) is 0.0458. The SMILES string of the molecule is CCCC(CN)C(=O)N(C)c1ccc(C)cc1. The largest absolute Gasteiger partial charge is 0.330 e. The van der Waals surface area contributed by atoms with Crippen molar-refractivity contribution in [3.05, 3.63) is 29.8 Å². The van der Waals surface area contributed by atoms with E-state index in [2.05, 4.69) is 6.92 Å². The molecule has 0 aliphatic carbocycles. The predicted molar refractivity (Wildman–Crippen MR) is 72.0 cm³/mol. The molecule has 94 valence electrons. The highest BCUT2D eigenvalue weighted by atomic mass is 16.2. The second-order valence-corrected chi connectivity index (χ2v) is 4.45. The standard InChI is InChI=1S/C14H22N2O/c1-4-5-12(10-15)14(17)16(3)13-8-6-11(2)7-9-13/h6-9,12H,4-5,10,15H2,1-3H3. The van der Waals surface area contributed by atoms with Crippen molar-refractivity contribution in [3.63, 3.8) is 0 Å². The van der Waals surface area contributed by atoms with E-state index in [4.69, 9.17) is 5.73 Å². The average Bonchev–Trinajstić information content (AvgIpc) is 2.35. The maximum Gasteiger partial charge on any atom is 0.231 e. The summed E-state index contributed by atoms with van der Waals surface area (Å²) in [6, 6.07) is 7.95. The molecule has 0 bridgehead atoms. The van der Waals surface area contributed by atoms with E-state index in [0.717, 1.165) is 18.5 Å². The highest BCUT2D eigenvalue weighted by molar-refractivity contribution is 5.94. The number of anilines is 1. The van der Waals surface area contributed by atoms with Gasteiger partial charge in [0.05, 0.1) is 5.92 Å². The Kier molecular flexibility index (Phi) is 5.16. The maximum atomic E-state index is 12.2. The average molecular weight is 234 g/mol. The molecule has 0 fully saturated rings. The van der Waals surface area contributed by atoms with Gasteiger partial charge in [0.15, 0.2) is 0 Å². The van der Waals surface area contributed by atoms with Crippen LogP contribution in [0.25, 0.3) is 0 Å². The van der Waals surface area contributed by atoms with Crippen LogP contribution >= 0.6 is 0 Å². The molecule has 1 unspecified atom stereocenters.